The highest BCUT2D eigenvalue weighted by atomic mass is 15.1. The van der Waals surface area contributed by atoms with Crippen LogP contribution in [0.25, 0.3) is 0 Å². The Hall–Kier alpha value is -1.32. The summed E-state index contributed by atoms with van der Waals surface area (Å²) in [4.78, 5) is 2.32. The van der Waals surface area contributed by atoms with Gasteiger partial charge in [0.1, 0.15) is 0 Å². The van der Waals surface area contributed by atoms with Crippen LogP contribution in [-0.4, -0.2) is 31.1 Å². The summed E-state index contributed by atoms with van der Waals surface area (Å²) in [6, 6.07) is 8.58. The van der Waals surface area contributed by atoms with Crippen LogP contribution in [0.1, 0.15) is 18.4 Å². The zero-order valence-electron chi connectivity index (χ0n) is 11.5. The Morgan fingerprint density at radius 1 is 1.33 bits per heavy atom. The Bertz CT molecular complexity index is 345. The van der Waals surface area contributed by atoms with E-state index in [1.807, 2.05) is 18.2 Å². The Labute approximate surface area is 111 Å². The number of nitrogens with two attached hydrogens (primary N) is 1. The molecule has 0 spiro atoms. The molecule has 0 atom stereocenters. The average Bonchev–Trinajstić information content (AvgIpc) is 2.37. The highest BCUT2D eigenvalue weighted by Gasteiger charge is 2.11. The van der Waals surface area contributed by atoms with Crippen molar-refractivity contribution in [3.8, 4) is 0 Å². The van der Waals surface area contributed by atoms with Crippen molar-refractivity contribution in [3.05, 3.63) is 42.6 Å². The lowest BCUT2D eigenvalue weighted by Crippen LogP contribution is -2.37. The molecule has 1 fully saturated rings. The number of piperidine rings is 1. The first-order chi connectivity index (χ1) is 8.63. The number of nitrogens with one attached hydrogen (secondary N) is 1. The Balaban J connectivity index is 0.000000184. The highest BCUT2D eigenvalue weighted by Crippen LogP contribution is 2.12. The average molecular weight is 247 g/mol. The van der Waals surface area contributed by atoms with Gasteiger partial charge in [-0.3, -0.25) is 0 Å². The monoisotopic (exact) mass is 247 g/mol. The summed E-state index contributed by atoms with van der Waals surface area (Å²) in [5.41, 5.74) is 8.03. The van der Waals surface area contributed by atoms with Crippen LogP contribution in [-0.2, 0) is 0 Å². The highest BCUT2D eigenvalue weighted by molar-refractivity contribution is 5.51. The van der Waals surface area contributed by atoms with E-state index in [4.69, 9.17) is 5.73 Å². The van der Waals surface area contributed by atoms with Crippen molar-refractivity contribution in [1.29, 1.82) is 0 Å². The summed E-state index contributed by atoms with van der Waals surface area (Å²) >= 11 is 0. The SMILES string of the molecule is C=CNc1ccccc1C.CN1CCC(N)CC1. The molecule has 0 saturated carbocycles. The molecule has 3 nitrogen and oxygen atoms in total. The molecule has 1 aromatic rings. The molecule has 18 heavy (non-hydrogen) atoms. The zero-order valence-corrected chi connectivity index (χ0v) is 11.5. The summed E-state index contributed by atoms with van der Waals surface area (Å²) in [5.74, 6) is 0. The summed E-state index contributed by atoms with van der Waals surface area (Å²) in [6.45, 7) is 8.01. The fraction of sp³-hybridized carbons (Fsp3) is 0.467. The lowest BCUT2D eigenvalue weighted by Gasteiger charge is -2.25. The number of aryl methyl sites for hydroxylation is 1. The van der Waals surface area contributed by atoms with Gasteiger partial charge < -0.3 is 16.0 Å². The Morgan fingerprint density at radius 2 is 1.94 bits per heavy atom. The van der Waals surface area contributed by atoms with Crippen molar-refractivity contribution in [2.24, 2.45) is 5.73 Å². The van der Waals surface area contributed by atoms with Crippen LogP contribution >= 0.6 is 0 Å². The van der Waals surface area contributed by atoms with Crippen LogP contribution in [0.3, 0.4) is 0 Å². The maximum Gasteiger partial charge on any atom is 0.0409 e. The van der Waals surface area contributed by atoms with Crippen LogP contribution in [0.2, 0.25) is 0 Å². The number of hydrogen-bond acceptors (Lipinski definition) is 3. The first-order valence-corrected chi connectivity index (χ1v) is 6.50. The third kappa shape index (κ3) is 5.34. The molecule has 1 aliphatic rings. The largest absolute Gasteiger partial charge is 0.362 e. The minimum absolute atomic E-state index is 0.478. The molecule has 100 valence electrons. The normalized spacial score (nSPS) is 16.6. The minimum Gasteiger partial charge on any atom is -0.362 e. The molecule has 2 rings (SSSR count). The van der Waals surface area contributed by atoms with Gasteiger partial charge in [-0.05, 0) is 57.7 Å². The number of hydrogen-bond donors (Lipinski definition) is 2. The summed E-state index contributed by atoms with van der Waals surface area (Å²) in [7, 11) is 2.14. The molecule has 0 unspecified atom stereocenters. The van der Waals surface area contributed by atoms with Crippen molar-refractivity contribution in [3.63, 3.8) is 0 Å². The summed E-state index contributed by atoms with van der Waals surface area (Å²) in [5, 5.41) is 3.04. The molecule has 0 aromatic heterocycles. The van der Waals surface area contributed by atoms with Gasteiger partial charge in [0.25, 0.3) is 0 Å². The number of likely N-dealkylation sites (tertiary alicyclic amines) is 1. The smallest absolute Gasteiger partial charge is 0.0409 e. The topological polar surface area (TPSA) is 41.3 Å². The lowest BCUT2D eigenvalue weighted by molar-refractivity contribution is 0.256. The molecule has 0 bridgehead atoms. The van der Waals surface area contributed by atoms with Crippen molar-refractivity contribution in [2.75, 3.05) is 25.5 Å². The van der Waals surface area contributed by atoms with Crippen LogP contribution in [0.4, 0.5) is 5.69 Å². The number of anilines is 1. The van der Waals surface area contributed by atoms with Crippen molar-refractivity contribution in [1.82, 2.24) is 4.90 Å². The van der Waals surface area contributed by atoms with E-state index < -0.39 is 0 Å². The fourth-order valence-corrected chi connectivity index (χ4v) is 1.87. The van der Waals surface area contributed by atoms with Crippen molar-refractivity contribution in [2.45, 2.75) is 25.8 Å². The van der Waals surface area contributed by atoms with Gasteiger partial charge in [0.2, 0.25) is 0 Å². The van der Waals surface area contributed by atoms with E-state index in [0.717, 1.165) is 5.69 Å². The molecule has 1 aromatic carbocycles. The predicted octanol–water partition coefficient (Wildman–Crippen LogP) is 2.59. The molecular formula is C15H25N3. The van der Waals surface area contributed by atoms with Gasteiger partial charge >= 0.3 is 0 Å². The van der Waals surface area contributed by atoms with Gasteiger partial charge in [-0.1, -0.05) is 24.8 Å². The van der Waals surface area contributed by atoms with Gasteiger partial charge in [-0.2, -0.15) is 0 Å². The second-order valence-corrected chi connectivity index (χ2v) is 4.80. The van der Waals surface area contributed by atoms with E-state index in [-0.39, 0.29) is 0 Å². The maximum atomic E-state index is 5.67. The number of benzene rings is 1. The predicted molar refractivity (Wildman–Crippen MR) is 79.7 cm³/mol. The molecule has 1 saturated heterocycles. The second-order valence-electron chi connectivity index (χ2n) is 4.80. The van der Waals surface area contributed by atoms with Crippen molar-refractivity contribution >= 4 is 5.69 Å². The van der Waals surface area contributed by atoms with Gasteiger partial charge in [-0.25, -0.2) is 0 Å². The van der Waals surface area contributed by atoms with Gasteiger partial charge in [0, 0.05) is 11.7 Å². The Morgan fingerprint density at radius 3 is 2.44 bits per heavy atom. The molecule has 0 amide bonds. The second kappa shape index (κ2) is 7.90. The van der Waals surface area contributed by atoms with E-state index in [1.54, 1.807) is 6.20 Å². The van der Waals surface area contributed by atoms with E-state index in [2.05, 4.69) is 36.8 Å². The van der Waals surface area contributed by atoms with Gasteiger partial charge in [-0.15, -0.1) is 0 Å². The molecule has 0 radical (unpaired) electrons. The fourth-order valence-electron chi connectivity index (χ4n) is 1.87. The van der Waals surface area contributed by atoms with E-state index in [1.165, 1.54) is 31.5 Å². The third-order valence-corrected chi connectivity index (χ3v) is 3.17. The standard InChI is InChI=1S/C9H11N.C6H14N2/c1-3-10-9-7-5-4-6-8(9)2;1-8-4-2-6(7)3-5-8/h3-7,10H,1H2,2H3;6H,2-5,7H2,1H3. The van der Waals surface area contributed by atoms with E-state index >= 15 is 0 Å². The van der Waals surface area contributed by atoms with Crippen LogP contribution in [0.15, 0.2) is 37.0 Å². The minimum atomic E-state index is 0.478. The molecule has 1 heterocycles. The van der Waals surface area contributed by atoms with Crippen LogP contribution in [0, 0.1) is 6.92 Å². The Kier molecular flexibility index (Phi) is 6.47. The zero-order chi connectivity index (χ0) is 13.4. The molecule has 3 N–H and O–H groups in total. The van der Waals surface area contributed by atoms with E-state index in [9.17, 15) is 0 Å². The van der Waals surface area contributed by atoms with Gasteiger partial charge in [0.05, 0.1) is 0 Å². The number of nitrogens with zero attached hydrogens (tertiary/aromatic N) is 1. The van der Waals surface area contributed by atoms with Crippen LogP contribution in [0.5, 0.6) is 0 Å². The van der Waals surface area contributed by atoms with Gasteiger partial charge in [0.15, 0.2) is 0 Å². The van der Waals surface area contributed by atoms with Crippen LogP contribution < -0.4 is 11.1 Å². The molecule has 3 heteroatoms. The third-order valence-electron chi connectivity index (χ3n) is 3.17. The molecule has 0 aliphatic carbocycles. The summed E-state index contributed by atoms with van der Waals surface area (Å²) in [6.07, 6.45) is 4.04. The molecular weight excluding hydrogens is 222 g/mol. The number of para-hydroxylation sites is 1. The van der Waals surface area contributed by atoms with Crippen molar-refractivity contribution < 1.29 is 0 Å². The summed E-state index contributed by atoms with van der Waals surface area (Å²) < 4.78 is 0. The molecule has 1 aliphatic heterocycles. The van der Waals surface area contributed by atoms with E-state index in [0.29, 0.717) is 6.04 Å². The number of rotatable bonds is 2. The first-order valence-electron chi connectivity index (χ1n) is 6.50. The lowest BCUT2D eigenvalue weighted by atomic mass is 10.1. The maximum absolute atomic E-state index is 5.67. The quantitative estimate of drug-likeness (QED) is 0.844. The first kappa shape index (κ1) is 14.7.